The maximum atomic E-state index is 11.9. The van der Waals surface area contributed by atoms with Gasteiger partial charge in [0.05, 0.1) is 5.69 Å². The highest BCUT2D eigenvalue weighted by molar-refractivity contribution is 6.10. The Labute approximate surface area is 117 Å². The number of hydrogen-bond donors (Lipinski definition) is 2. The largest absolute Gasteiger partial charge is 0.350 e. The summed E-state index contributed by atoms with van der Waals surface area (Å²) in [6, 6.07) is 8.45. The third-order valence-corrected chi connectivity index (χ3v) is 2.42. The Morgan fingerprint density at radius 2 is 1.95 bits per heavy atom. The van der Waals surface area contributed by atoms with E-state index in [1.165, 1.54) is 0 Å². The molecular weight excluding hydrogens is 254 g/mol. The van der Waals surface area contributed by atoms with E-state index >= 15 is 0 Å². The van der Waals surface area contributed by atoms with Crippen molar-refractivity contribution < 1.29 is 4.79 Å². The number of nitrogens with zero attached hydrogens (tertiary/aromatic N) is 3. The molecule has 102 valence electrons. The predicted molar refractivity (Wildman–Crippen MR) is 76.1 cm³/mol. The second-order valence-electron chi connectivity index (χ2n) is 4.45. The second kappa shape index (κ2) is 6.91. The van der Waals surface area contributed by atoms with Crippen molar-refractivity contribution in [1.29, 1.82) is 10.5 Å². The molecule has 2 N–H and O–H groups in total. The van der Waals surface area contributed by atoms with Crippen LogP contribution in [0.25, 0.3) is 0 Å². The number of carbonyl (C=O) groups excluding carboxylic acids is 1. The number of carbonyl (C=O) groups is 1. The molecule has 0 spiro atoms. The summed E-state index contributed by atoms with van der Waals surface area (Å²) in [6.45, 7) is 5.59. The van der Waals surface area contributed by atoms with Gasteiger partial charge in [-0.15, -0.1) is 0 Å². The Morgan fingerprint density at radius 1 is 1.30 bits per heavy atom. The van der Waals surface area contributed by atoms with Crippen LogP contribution in [-0.2, 0) is 0 Å². The minimum absolute atomic E-state index is 0.0435. The molecule has 0 saturated heterocycles. The molecule has 0 heterocycles. The topological polar surface area (TPSA) is 101 Å². The van der Waals surface area contributed by atoms with Gasteiger partial charge in [-0.1, -0.05) is 6.07 Å². The van der Waals surface area contributed by atoms with Crippen molar-refractivity contribution in [3.05, 3.63) is 29.3 Å². The first-order valence-corrected chi connectivity index (χ1v) is 6.03. The SMILES string of the molecule is Cc1ccc(C(=O)NC(C)C)cc1NN=C(C#N)C#N. The molecule has 1 aromatic rings. The van der Waals surface area contributed by atoms with Crippen LogP contribution >= 0.6 is 0 Å². The Kier molecular flexibility index (Phi) is 5.25. The summed E-state index contributed by atoms with van der Waals surface area (Å²) in [5, 5.41) is 23.7. The van der Waals surface area contributed by atoms with Crippen molar-refractivity contribution in [3.63, 3.8) is 0 Å². The van der Waals surface area contributed by atoms with Crippen LogP contribution in [0.15, 0.2) is 23.3 Å². The summed E-state index contributed by atoms with van der Waals surface area (Å²) in [7, 11) is 0. The molecule has 0 aliphatic carbocycles. The lowest BCUT2D eigenvalue weighted by atomic mass is 10.1. The zero-order valence-corrected chi connectivity index (χ0v) is 11.6. The molecule has 1 rings (SSSR count). The number of hydrogen-bond acceptors (Lipinski definition) is 5. The van der Waals surface area contributed by atoms with E-state index in [1.807, 2.05) is 20.8 Å². The maximum absolute atomic E-state index is 11.9. The molecule has 0 bridgehead atoms. The first-order valence-electron chi connectivity index (χ1n) is 6.03. The summed E-state index contributed by atoms with van der Waals surface area (Å²) in [5.41, 5.74) is 4.26. The number of nitrogens with one attached hydrogen (secondary N) is 2. The van der Waals surface area contributed by atoms with Crippen LogP contribution in [0.5, 0.6) is 0 Å². The first kappa shape index (κ1) is 15.2. The van der Waals surface area contributed by atoms with Gasteiger partial charge < -0.3 is 5.32 Å². The minimum Gasteiger partial charge on any atom is -0.350 e. The molecule has 0 atom stereocenters. The average molecular weight is 269 g/mol. The predicted octanol–water partition coefficient (Wildman–Crippen LogP) is 1.95. The smallest absolute Gasteiger partial charge is 0.251 e. The molecule has 20 heavy (non-hydrogen) atoms. The monoisotopic (exact) mass is 269 g/mol. The molecule has 0 aliphatic heterocycles. The van der Waals surface area contributed by atoms with Crippen molar-refractivity contribution in [2.75, 3.05) is 5.43 Å². The second-order valence-corrected chi connectivity index (χ2v) is 4.45. The van der Waals surface area contributed by atoms with E-state index in [4.69, 9.17) is 10.5 Å². The first-order chi connectivity index (χ1) is 9.47. The van der Waals surface area contributed by atoms with Crippen LogP contribution in [-0.4, -0.2) is 17.7 Å². The number of rotatable bonds is 4. The van der Waals surface area contributed by atoms with Crippen LogP contribution in [0.1, 0.15) is 29.8 Å². The summed E-state index contributed by atoms with van der Waals surface area (Å²) < 4.78 is 0. The molecule has 1 aromatic carbocycles. The Morgan fingerprint density at radius 3 is 2.50 bits per heavy atom. The summed E-state index contributed by atoms with van der Waals surface area (Å²) >= 11 is 0. The van der Waals surface area contributed by atoms with Crippen LogP contribution in [0, 0.1) is 29.6 Å². The van der Waals surface area contributed by atoms with Crippen molar-refractivity contribution in [3.8, 4) is 12.1 Å². The number of nitriles is 2. The third kappa shape index (κ3) is 4.11. The fraction of sp³-hybridized carbons (Fsp3) is 0.286. The van der Waals surface area contributed by atoms with E-state index in [0.717, 1.165) is 5.56 Å². The Hall–Kier alpha value is -2.86. The van der Waals surface area contributed by atoms with Gasteiger partial charge in [0.25, 0.3) is 5.91 Å². The van der Waals surface area contributed by atoms with Gasteiger partial charge >= 0.3 is 0 Å². The van der Waals surface area contributed by atoms with Gasteiger partial charge in [-0.3, -0.25) is 10.2 Å². The number of amides is 1. The zero-order valence-electron chi connectivity index (χ0n) is 11.6. The van der Waals surface area contributed by atoms with Crippen molar-refractivity contribution in [2.24, 2.45) is 5.10 Å². The Balaban J connectivity index is 2.99. The average Bonchev–Trinajstić information content (AvgIpc) is 2.40. The van der Waals surface area contributed by atoms with E-state index in [9.17, 15) is 4.79 Å². The lowest BCUT2D eigenvalue weighted by Gasteiger charge is -2.10. The van der Waals surface area contributed by atoms with E-state index in [2.05, 4.69) is 15.8 Å². The van der Waals surface area contributed by atoms with Gasteiger partial charge in [-0.2, -0.15) is 15.6 Å². The molecule has 0 radical (unpaired) electrons. The number of aryl methyl sites for hydroxylation is 1. The fourth-order valence-electron chi connectivity index (χ4n) is 1.42. The van der Waals surface area contributed by atoms with E-state index in [1.54, 1.807) is 30.3 Å². The van der Waals surface area contributed by atoms with Crippen LogP contribution in [0.2, 0.25) is 0 Å². The molecule has 0 aliphatic rings. The molecule has 1 amide bonds. The normalized spacial score (nSPS) is 9.30. The number of hydrazone groups is 1. The quantitative estimate of drug-likeness (QED) is 0.644. The standard InChI is InChI=1S/C14H15N5O/c1-9(2)17-14(20)11-5-4-10(3)13(6-11)19-18-12(7-15)8-16/h4-6,9,19H,1-3H3,(H,17,20). The highest BCUT2D eigenvalue weighted by Gasteiger charge is 2.09. The highest BCUT2D eigenvalue weighted by atomic mass is 16.1. The maximum Gasteiger partial charge on any atom is 0.251 e. The van der Waals surface area contributed by atoms with Gasteiger partial charge in [-0.25, -0.2) is 0 Å². The van der Waals surface area contributed by atoms with Crippen LogP contribution in [0.3, 0.4) is 0 Å². The minimum atomic E-state index is -0.276. The zero-order chi connectivity index (χ0) is 15.1. The molecule has 6 nitrogen and oxygen atoms in total. The number of benzene rings is 1. The van der Waals surface area contributed by atoms with Gasteiger partial charge in [-0.05, 0) is 38.5 Å². The fourth-order valence-corrected chi connectivity index (χ4v) is 1.42. The summed E-state index contributed by atoms with van der Waals surface area (Å²) in [4.78, 5) is 11.9. The van der Waals surface area contributed by atoms with Gasteiger partial charge in [0.2, 0.25) is 5.71 Å². The van der Waals surface area contributed by atoms with Crippen molar-refractivity contribution >= 4 is 17.3 Å². The molecule has 0 unspecified atom stereocenters. The summed E-state index contributed by atoms with van der Waals surface area (Å²) in [6.07, 6.45) is 0. The van der Waals surface area contributed by atoms with E-state index in [0.29, 0.717) is 11.3 Å². The Bertz CT molecular complexity index is 603. The third-order valence-electron chi connectivity index (χ3n) is 2.42. The van der Waals surface area contributed by atoms with Crippen molar-refractivity contribution in [1.82, 2.24) is 5.32 Å². The lowest BCUT2D eigenvalue weighted by Crippen LogP contribution is -2.30. The summed E-state index contributed by atoms with van der Waals surface area (Å²) in [5.74, 6) is -0.187. The van der Waals surface area contributed by atoms with Gasteiger partial charge in [0.15, 0.2) is 0 Å². The van der Waals surface area contributed by atoms with Gasteiger partial charge in [0.1, 0.15) is 12.1 Å². The highest BCUT2D eigenvalue weighted by Crippen LogP contribution is 2.17. The lowest BCUT2D eigenvalue weighted by molar-refractivity contribution is 0.0943. The van der Waals surface area contributed by atoms with Crippen LogP contribution in [0.4, 0.5) is 5.69 Å². The van der Waals surface area contributed by atoms with Crippen LogP contribution < -0.4 is 10.7 Å². The number of anilines is 1. The molecule has 0 fully saturated rings. The molecule has 0 aromatic heterocycles. The van der Waals surface area contributed by atoms with Crippen molar-refractivity contribution in [2.45, 2.75) is 26.8 Å². The molecular formula is C14H15N5O. The van der Waals surface area contributed by atoms with E-state index < -0.39 is 0 Å². The molecule has 0 saturated carbocycles. The van der Waals surface area contributed by atoms with E-state index in [-0.39, 0.29) is 17.7 Å². The van der Waals surface area contributed by atoms with Gasteiger partial charge in [0, 0.05) is 11.6 Å². The molecule has 6 heteroatoms.